The first-order valence-electron chi connectivity index (χ1n) is 9.53. The van der Waals surface area contributed by atoms with Crippen molar-refractivity contribution in [3.05, 3.63) is 70.3 Å². The van der Waals surface area contributed by atoms with Gasteiger partial charge in [-0.05, 0) is 43.2 Å². The van der Waals surface area contributed by atoms with Crippen molar-refractivity contribution < 1.29 is 24.0 Å². The van der Waals surface area contributed by atoms with Gasteiger partial charge in [-0.1, -0.05) is 23.8 Å². The first kappa shape index (κ1) is 19.5. The molecule has 2 heterocycles. The summed E-state index contributed by atoms with van der Waals surface area (Å²) in [6.07, 6.45) is 0.439. The number of carbonyl (C=O) groups excluding carboxylic acids is 5. The maximum Gasteiger partial charge on any atom is 0.258 e. The third-order valence-electron chi connectivity index (χ3n) is 5.33. The molecular formula is C22H19N3O5. The normalized spacial score (nSPS) is 18.1. The van der Waals surface area contributed by atoms with E-state index in [4.69, 9.17) is 0 Å². The average Bonchev–Trinajstić information content (AvgIpc) is 3.04. The van der Waals surface area contributed by atoms with Crippen LogP contribution in [-0.4, -0.2) is 40.5 Å². The van der Waals surface area contributed by atoms with Gasteiger partial charge < -0.3 is 4.90 Å². The fraction of sp³-hybridized carbons (Fsp3) is 0.227. The zero-order chi connectivity index (χ0) is 21.4. The summed E-state index contributed by atoms with van der Waals surface area (Å²) in [5.74, 6) is -2.36. The van der Waals surface area contributed by atoms with E-state index in [9.17, 15) is 24.0 Å². The lowest BCUT2D eigenvalue weighted by molar-refractivity contribution is -0.136. The molecule has 1 fully saturated rings. The number of fused-ring (bicyclic) bond motifs is 1. The second-order valence-electron chi connectivity index (χ2n) is 7.42. The number of hydrogen-bond acceptors (Lipinski definition) is 5. The summed E-state index contributed by atoms with van der Waals surface area (Å²) in [5.41, 5.74) is 2.53. The maximum atomic E-state index is 12.8. The Morgan fingerprint density at radius 1 is 1.00 bits per heavy atom. The van der Waals surface area contributed by atoms with Crippen LogP contribution in [0.3, 0.4) is 0 Å². The number of amides is 5. The van der Waals surface area contributed by atoms with E-state index >= 15 is 0 Å². The Morgan fingerprint density at radius 3 is 2.37 bits per heavy atom. The molecule has 30 heavy (non-hydrogen) atoms. The van der Waals surface area contributed by atoms with Gasteiger partial charge in [-0.15, -0.1) is 0 Å². The van der Waals surface area contributed by atoms with E-state index in [0.717, 1.165) is 5.56 Å². The van der Waals surface area contributed by atoms with Crippen LogP contribution in [-0.2, 0) is 16.1 Å². The zero-order valence-corrected chi connectivity index (χ0v) is 16.2. The van der Waals surface area contributed by atoms with Crippen molar-refractivity contribution >= 4 is 29.5 Å². The summed E-state index contributed by atoms with van der Waals surface area (Å²) in [5, 5.41) is 4.57. The second kappa shape index (κ2) is 7.55. The minimum absolute atomic E-state index is 0.172. The molecule has 0 bridgehead atoms. The largest absolute Gasteiger partial charge is 0.322 e. The van der Waals surface area contributed by atoms with Gasteiger partial charge >= 0.3 is 0 Å². The van der Waals surface area contributed by atoms with Crippen LogP contribution in [0.5, 0.6) is 0 Å². The summed E-state index contributed by atoms with van der Waals surface area (Å²) < 4.78 is 0. The van der Waals surface area contributed by atoms with Gasteiger partial charge in [0.1, 0.15) is 6.04 Å². The van der Waals surface area contributed by atoms with E-state index in [0.29, 0.717) is 16.7 Å². The van der Waals surface area contributed by atoms with E-state index in [-0.39, 0.29) is 36.8 Å². The van der Waals surface area contributed by atoms with Gasteiger partial charge in [-0.3, -0.25) is 34.6 Å². The zero-order valence-electron chi connectivity index (χ0n) is 16.2. The molecule has 0 radical (unpaired) electrons. The van der Waals surface area contributed by atoms with Gasteiger partial charge in [-0.2, -0.15) is 0 Å². The first-order valence-corrected chi connectivity index (χ1v) is 9.53. The molecule has 1 unspecified atom stereocenters. The maximum absolute atomic E-state index is 12.8. The molecule has 2 N–H and O–H groups in total. The lowest BCUT2D eigenvalue weighted by atomic mass is 10.0. The van der Waals surface area contributed by atoms with Crippen molar-refractivity contribution in [3.8, 4) is 0 Å². The first-order chi connectivity index (χ1) is 14.3. The highest BCUT2D eigenvalue weighted by Crippen LogP contribution is 2.28. The number of nitrogens with zero attached hydrogens (tertiary/aromatic N) is 1. The van der Waals surface area contributed by atoms with Gasteiger partial charge in [-0.25, -0.2) is 0 Å². The molecule has 0 spiro atoms. The molecule has 152 valence electrons. The van der Waals surface area contributed by atoms with Gasteiger partial charge in [0.2, 0.25) is 11.8 Å². The summed E-state index contributed by atoms with van der Waals surface area (Å²) in [6, 6.07) is 10.7. The summed E-state index contributed by atoms with van der Waals surface area (Å²) in [7, 11) is 0. The number of nitrogens with one attached hydrogen (secondary N) is 2. The predicted molar refractivity (Wildman–Crippen MR) is 105 cm³/mol. The van der Waals surface area contributed by atoms with E-state index in [2.05, 4.69) is 10.6 Å². The minimum atomic E-state index is -0.719. The smallest absolute Gasteiger partial charge is 0.258 e. The number of carbonyl (C=O) groups is 5. The average molecular weight is 405 g/mol. The van der Waals surface area contributed by atoms with Crippen LogP contribution in [0.15, 0.2) is 42.5 Å². The van der Waals surface area contributed by atoms with Crippen LogP contribution in [0.2, 0.25) is 0 Å². The molecule has 0 aliphatic carbocycles. The van der Waals surface area contributed by atoms with Crippen LogP contribution in [0.25, 0.3) is 0 Å². The van der Waals surface area contributed by atoms with Crippen molar-refractivity contribution in [3.63, 3.8) is 0 Å². The number of hydrogen-bond donors (Lipinski definition) is 2. The Balaban J connectivity index is 1.49. The lowest BCUT2D eigenvalue weighted by Crippen LogP contribution is -2.52. The van der Waals surface area contributed by atoms with Crippen LogP contribution in [0, 0.1) is 6.92 Å². The highest BCUT2D eigenvalue weighted by atomic mass is 16.2. The topological polar surface area (TPSA) is 113 Å². The van der Waals surface area contributed by atoms with Crippen molar-refractivity contribution in [1.29, 1.82) is 0 Å². The minimum Gasteiger partial charge on any atom is -0.322 e. The Morgan fingerprint density at radius 2 is 1.67 bits per heavy atom. The van der Waals surface area contributed by atoms with Crippen molar-refractivity contribution in [2.45, 2.75) is 32.4 Å². The molecule has 2 aromatic carbocycles. The molecule has 2 aliphatic rings. The number of piperidine rings is 1. The highest BCUT2D eigenvalue weighted by Gasteiger charge is 2.39. The van der Waals surface area contributed by atoms with Crippen LogP contribution in [0.4, 0.5) is 0 Å². The standard InChI is InChI=1S/C22H19N3O5/c1-12-2-4-13(5-3-12)19(27)24-20(28)14-6-7-15-11-25(22(30)16(15)10-14)17-8-9-18(26)23-21(17)29/h2-7,10,17H,8-9,11H2,1H3,(H,23,26,29)(H,24,27,28). The second-order valence-corrected chi connectivity index (χ2v) is 7.42. The number of aryl methyl sites for hydroxylation is 1. The molecule has 2 aromatic rings. The van der Waals surface area contributed by atoms with Crippen LogP contribution < -0.4 is 10.6 Å². The fourth-order valence-corrected chi connectivity index (χ4v) is 3.65. The molecule has 0 saturated carbocycles. The Bertz CT molecular complexity index is 1090. The number of rotatable bonds is 3. The van der Waals surface area contributed by atoms with E-state index in [1.165, 1.54) is 17.0 Å². The summed E-state index contributed by atoms with van der Waals surface area (Å²) in [6.45, 7) is 2.12. The molecule has 4 rings (SSSR count). The Kier molecular flexibility index (Phi) is 4.91. The monoisotopic (exact) mass is 405 g/mol. The van der Waals surface area contributed by atoms with Gasteiger partial charge in [0.25, 0.3) is 17.7 Å². The number of benzene rings is 2. The van der Waals surface area contributed by atoms with Gasteiger partial charge in [0.15, 0.2) is 0 Å². The molecule has 5 amide bonds. The van der Waals surface area contributed by atoms with E-state index in [1.807, 2.05) is 6.92 Å². The van der Waals surface area contributed by atoms with Crippen LogP contribution >= 0.6 is 0 Å². The van der Waals surface area contributed by atoms with Gasteiger partial charge in [0, 0.05) is 29.7 Å². The Hall–Kier alpha value is -3.81. The van der Waals surface area contributed by atoms with Crippen molar-refractivity contribution in [2.75, 3.05) is 0 Å². The quantitative estimate of drug-likeness (QED) is 0.748. The lowest BCUT2D eigenvalue weighted by Gasteiger charge is -2.29. The number of imide groups is 2. The van der Waals surface area contributed by atoms with Crippen molar-refractivity contribution in [1.82, 2.24) is 15.5 Å². The molecular weight excluding hydrogens is 386 g/mol. The molecule has 8 nitrogen and oxygen atoms in total. The van der Waals surface area contributed by atoms with Gasteiger partial charge in [0.05, 0.1) is 0 Å². The van der Waals surface area contributed by atoms with Crippen molar-refractivity contribution in [2.24, 2.45) is 0 Å². The third-order valence-corrected chi connectivity index (χ3v) is 5.33. The molecule has 0 aromatic heterocycles. The molecule has 8 heteroatoms. The Labute approximate surface area is 172 Å². The molecule has 1 atom stereocenters. The fourth-order valence-electron chi connectivity index (χ4n) is 3.65. The SMILES string of the molecule is Cc1ccc(C(=O)NC(=O)c2ccc3c(c2)C(=O)N(C2CCC(=O)NC2=O)C3)cc1. The third kappa shape index (κ3) is 3.59. The molecule has 2 aliphatic heterocycles. The molecule has 1 saturated heterocycles. The predicted octanol–water partition coefficient (Wildman–Crippen LogP) is 1.33. The van der Waals surface area contributed by atoms with E-state index in [1.54, 1.807) is 30.3 Å². The van der Waals surface area contributed by atoms with Crippen LogP contribution in [0.1, 0.15) is 55.0 Å². The highest BCUT2D eigenvalue weighted by molar-refractivity contribution is 6.12. The van der Waals surface area contributed by atoms with E-state index < -0.39 is 23.8 Å². The summed E-state index contributed by atoms with van der Waals surface area (Å²) >= 11 is 0. The summed E-state index contributed by atoms with van der Waals surface area (Å²) in [4.78, 5) is 62.5.